The van der Waals surface area contributed by atoms with Gasteiger partial charge in [0.15, 0.2) is 0 Å². The Bertz CT molecular complexity index is 804. The molecule has 0 amide bonds. The summed E-state index contributed by atoms with van der Waals surface area (Å²) in [5.41, 5.74) is 1.95. The normalized spacial score (nSPS) is 14.0. The predicted octanol–water partition coefficient (Wildman–Crippen LogP) is 6.02. The molecule has 0 atom stereocenters. The van der Waals surface area contributed by atoms with Gasteiger partial charge < -0.3 is 0 Å². The third-order valence-corrected chi connectivity index (χ3v) is 4.10. The molecule has 1 aliphatic rings. The van der Waals surface area contributed by atoms with Crippen LogP contribution in [-0.2, 0) is 20.1 Å². The summed E-state index contributed by atoms with van der Waals surface area (Å²) in [5, 5.41) is 3.30. The Kier molecular flexibility index (Phi) is 7.58. The first kappa shape index (κ1) is 18.8. The molecule has 0 N–H and O–H groups in total. The zero-order chi connectivity index (χ0) is 15.9. The van der Waals surface area contributed by atoms with Crippen molar-refractivity contribution in [3.05, 3.63) is 72.1 Å². The van der Waals surface area contributed by atoms with Crippen molar-refractivity contribution in [1.82, 2.24) is 9.97 Å². The number of hydrogen-bond acceptors (Lipinski definition) is 2. The molecule has 2 aromatic heterocycles. The van der Waals surface area contributed by atoms with Crippen LogP contribution in [-0.4, -0.2) is 9.97 Å². The van der Waals surface area contributed by atoms with Gasteiger partial charge in [-0.15, -0.1) is 0 Å². The standard InChI is InChI=1S/C12H8N2.C8H11Cl.Ir/c1-3-9-5-6-10-4-2-8-14-12(10)11(9)13-7-1;9-8-6-4-2-1-3-5-7-8;/h1-8H;1-2,7H,3-6H2;. The molecule has 2 nitrogen and oxygen atoms in total. The quantitative estimate of drug-likeness (QED) is 0.271. The van der Waals surface area contributed by atoms with Gasteiger partial charge in [0.2, 0.25) is 0 Å². The molecule has 3 aromatic rings. The SMILES string of the molecule is ClC1=CCCC=CCC1.[Ir].c1cnc2c(c1)ccc1cccnc12. The molecule has 0 saturated heterocycles. The Morgan fingerprint density at radius 3 is 1.96 bits per heavy atom. The molecule has 4 heteroatoms. The van der Waals surface area contributed by atoms with E-state index < -0.39 is 0 Å². The number of fused-ring (bicyclic) bond motifs is 3. The van der Waals surface area contributed by atoms with Crippen LogP contribution >= 0.6 is 11.6 Å². The van der Waals surface area contributed by atoms with Crippen LogP contribution in [0.2, 0.25) is 0 Å². The maximum Gasteiger partial charge on any atom is 0.0964 e. The maximum absolute atomic E-state index is 5.82. The number of aromatic nitrogens is 2. The largest absolute Gasteiger partial charge is 0.254 e. The number of nitrogens with zero attached hydrogens (tertiary/aromatic N) is 2. The van der Waals surface area contributed by atoms with Gasteiger partial charge in [-0.05, 0) is 37.8 Å². The van der Waals surface area contributed by atoms with Crippen LogP contribution in [0, 0.1) is 0 Å². The fourth-order valence-electron chi connectivity index (χ4n) is 2.57. The first-order valence-electron chi connectivity index (χ1n) is 7.92. The van der Waals surface area contributed by atoms with E-state index in [1.165, 1.54) is 0 Å². The van der Waals surface area contributed by atoms with E-state index in [2.05, 4.69) is 52.5 Å². The van der Waals surface area contributed by atoms with Gasteiger partial charge in [-0.25, -0.2) is 0 Å². The second kappa shape index (κ2) is 9.68. The first-order chi connectivity index (χ1) is 11.3. The number of halogens is 1. The molecule has 0 aliphatic heterocycles. The molecule has 0 bridgehead atoms. The van der Waals surface area contributed by atoms with Crippen molar-refractivity contribution in [1.29, 1.82) is 0 Å². The third kappa shape index (κ3) is 4.98. The zero-order valence-electron chi connectivity index (χ0n) is 13.3. The van der Waals surface area contributed by atoms with Gasteiger partial charge in [0.05, 0.1) is 11.0 Å². The van der Waals surface area contributed by atoms with Crippen LogP contribution in [0.3, 0.4) is 0 Å². The molecular formula is C20H19ClIrN2. The summed E-state index contributed by atoms with van der Waals surface area (Å²) in [5.74, 6) is 0. The fraction of sp³-hybridized carbons (Fsp3) is 0.200. The van der Waals surface area contributed by atoms with Gasteiger partial charge in [-0.2, -0.15) is 0 Å². The summed E-state index contributed by atoms with van der Waals surface area (Å²) >= 11 is 5.82. The summed E-state index contributed by atoms with van der Waals surface area (Å²) in [6, 6.07) is 12.1. The van der Waals surface area contributed by atoms with Gasteiger partial charge in [0.1, 0.15) is 0 Å². The molecule has 0 fully saturated rings. The number of hydrogen-bond donors (Lipinski definition) is 0. The summed E-state index contributed by atoms with van der Waals surface area (Å²) in [6.07, 6.45) is 14.5. The van der Waals surface area contributed by atoms with Crippen LogP contribution in [0.1, 0.15) is 25.7 Å². The minimum atomic E-state index is 0. The van der Waals surface area contributed by atoms with Crippen LogP contribution in [0.15, 0.2) is 72.1 Å². The molecule has 0 saturated carbocycles. The van der Waals surface area contributed by atoms with E-state index in [4.69, 9.17) is 11.6 Å². The summed E-state index contributed by atoms with van der Waals surface area (Å²) in [7, 11) is 0. The zero-order valence-corrected chi connectivity index (χ0v) is 16.4. The van der Waals surface area contributed by atoms with E-state index >= 15 is 0 Å². The Hall–Kier alpha value is -1.54. The third-order valence-electron chi connectivity index (χ3n) is 3.76. The number of rotatable bonds is 0. The predicted molar refractivity (Wildman–Crippen MR) is 98.6 cm³/mol. The van der Waals surface area contributed by atoms with Gasteiger partial charge >= 0.3 is 0 Å². The van der Waals surface area contributed by atoms with Gasteiger partial charge in [0.25, 0.3) is 0 Å². The Morgan fingerprint density at radius 2 is 1.33 bits per heavy atom. The summed E-state index contributed by atoms with van der Waals surface area (Å²) in [6.45, 7) is 0. The van der Waals surface area contributed by atoms with E-state index in [1.807, 2.05) is 12.1 Å². The van der Waals surface area contributed by atoms with Crippen LogP contribution in [0.4, 0.5) is 0 Å². The van der Waals surface area contributed by atoms with Crippen molar-refractivity contribution < 1.29 is 20.1 Å². The summed E-state index contributed by atoms with van der Waals surface area (Å²) < 4.78 is 0. The van der Waals surface area contributed by atoms with Crippen molar-refractivity contribution in [2.45, 2.75) is 25.7 Å². The molecule has 1 aromatic carbocycles. The van der Waals surface area contributed by atoms with E-state index in [0.717, 1.165) is 52.5 Å². The first-order valence-corrected chi connectivity index (χ1v) is 8.30. The van der Waals surface area contributed by atoms with Crippen LogP contribution < -0.4 is 0 Å². The van der Waals surface area contributed by atoms with E-state index in [-0.39, 0.29) is 20.1 Å². The molecule has 125 valence electrons. The molecule has 0 spiro atoms. The fourth-order valence-corrected chi connectivity index (χ4v) is 2.79. The molecule has 1 radical (unpaired) electrons. The molecule has 24 heavy (non-hydrogen) atoms. The van der Waals surface area contributed by atoms with Gasteiger partial charge in [-0.3, -0.25) is 9.97 Å². The topological polar surface area (TPSA) is 25.8 Å². The second-order valence-electron chi connectivity index (χ2n) is 5.45. The second-order valence-corrected chi connectivity index (χ2v) is 5.94. The smallest absolute Gasteiger partial charge is 0.0964 e. The molecule has 0 unspecified atom stereocenters. The minimum absolute atomic E-state index is 0. The Labute approximate surface area is 161 Å². The van der Waals surface area contributed by atoms with E-state index in [0.29, 0.717) is 0 Å². The Balaban J connectivity index is 0.000000183. The number of benzene rings is 1. The van der Waals surface area contributed by atoms with Crippen LogP contribution in [0.25, 0.3) is 21.8 Å². The Morgan fingerprint density at radius 1 is 0.750 bits per heavy atom. The van der Waals surface area contributed by atoms with Crippen LogP contribution in [0.5, 0.6) is 0 Å². The molecular weight excluding hydrogens is 496 g/mol. The average Bonchev–Trinajstić information content (AvgIpc) is 2.59. The minimum Gasteiger partial charge on any atom is -0.254 e. The van der Waals surface area contributed by atoms with Crippen molar-refractivity contribution in [3.8, 4) is 0 Å². The number of allylic oxidation sites excluding steroid dienone is 4. The van der Waals surface area contributed by atoms with Crippen molar-refractivity contribution >= 4 is 33.4 Å². The van der Waals surface area contributed by atoms with Crippen molar-refractivity contribution in [2.24, 2.45) is 0 Å². The summed E-state index contributed by atoms with van der Waals surface area (Å²) in [4.78, 5) is 8.69. The molecule has 4 rings (SSSR count). The molecule has 2 heterocycles. The van der Waals surface area contributed by atoms with Crippen molar-refractivity contribution in [2.75, 3.05) is 0 Å². The van der Waals surface area contributed by atoms with E-state index in [9.17, 15) is 0 Å². The van der Waals surface area contributed by atoms with Gasteiger partial charge in [0, 0.05) is 48.3 Å². The van der Waals surface area contributed by atoms with Gasteiger partial charge in [-0.1, -0.05) is 54.1 Å². The molecule has 1 aliphatic carbocycles. The average molecular weight is 515 g/mol. The van der Waals surface area contributed by atoms with E-state index in [1.54, 1.807) is 12.4 Å². The van der Waals surface area contributed by atoms with Crippen molar-refractivity contribution in [3.63, 3.8) is 0 Å². The number of pyridine rings is 2. The monoisotopic (exact) mass is 515 g/mol. The maximum atomic E-state index is 5.82.